The van der Waals surface area contributed by atoms with Gasteiger partial charge in [-0.25, -0.2) is 4.98 Å². The van der Waals surface area contributed by atoms with Crippen LogP contribution in [0.15, 0.2) is 12.4 Å². The SMILES string of the molecule is CC(C)COC1CCN(C(=O)CC(O)(c2nccn2C)C(F)(F)F)CC1. The quantitative estimate of drug-likeness (QED) is 0.826. The summed E-state index contributed by atoms with van der Waals surface area (Å²) in [4.78, 5) is 17.4. The fourth-order valence-corrected chi connectivity index (χ4v) is 3.00. The van der Waals surface area contributed by atoms with Gasteiger partial charge in [0.1, 0.15) is 0 Å². The number of alkyl halides is 3. The molecular formula is C17H26F3N3O3. The summed E-state index contributed by atoms with van der Waals surface area (Å²) in [6, 6.07) is 0. The van der Waals surface area contributed by atoms with Crippen LogP contribution >= 0.6 is 0 Å². The monoisotopic (exact) mass is 377 g/mol. The van der Waals surface area contributed by atoms with Gasteiger partial charge in [-0.15, -0.1) is 0 Å². The summed E-state index contributed by atoms with van der Waals surface area (Å²) in [6.45, 7) is 5.32. The standard InChI is InChI=1S/C17H26F3N3O3/c1-12(2)11-26-13-4-7-23(8-5-13)14(24)10-16(25,17(18,19)20)15-21-6-9-22(15)3/h6,9,12-13,25H,4-5,7-8,10-11H2,1-3H3. The molecule has 1 N–H and O–H groups in total. The van der Waals surface area contributed by atoms with Crippen LogP contribution in [0.5, 0.6) is 0 Å². The second-order valence-electron chi connectivity index (χ2n) is 7.20. The first-order valence-electron chi connectivity index (χ1n) is 8.71. The summed E-state index contributed by atoms with van der Waals surface area (Å²) in [7, 11) is 1.35. The van der Waals surface area contributed by atoms with Gasteiger partial charge in [0.25, 0.3) is 0 Å². The van der Waals surface area contributed by atoms with E-state index in [0.29, 0.717) is 38.5 Å². The van der Waals surface area contributed by atoms with Gasteiger partial charge in [-0.3, -0.25) is 4.79 Å². The average Bonchev–Trinajstić information content (AvgIpc) is 2.98. The van der Waals surface area contributed by atoms with Crippen LogP contribution in [0.2, 0.25) is 0 Å². The number of hydrogen-bond donors (Lipinski definition) is 1. The van der Waals surface area contributed by atoms with Crippen molar-refractivity contribution in [3.05, 3.63) is 18.2 Å². The summed E-state index contributed by atoms with van der Waals surface area (Å²) < 4.78 is 47.4. The van der Waals surface area contributed by atoms with E-state index in [0.717, 1.165) is 10.8 Å². The van der Waals surface area contributed by atoms with Gasteiger partial charge in [-0.05, 0) is 18.8 Å². The number of hydrogen-bond acceptors (Lipinski definition) is 4. The molecule has 1 aromatic rings. The van der Waals surface area contributed by atoms with E-state index in [2.05, 4.69) is 4.98 Å². The zero-order valence-corrected chi connectivity index (χ0v) is 15.3. The number of amides is 1. The Balaban J connectivity index is 2.02. The lowest BCUT2D eigenvalue weighted by Crippen LogP contribution is -2.50. The second kappa shape index (κ2) is 7.96. The van der Waals surface area contributed by atoms with E-state index < -0.39 is 29.9 Å². The number of carbonyl (C=O) groups is 1. The number of aryl methyl sites for hydroxylation is 1. The highest BCUT2D eigenvalue weighted by atomic mass is 19.4. The minimum Gasteiger partial charge on any atom is -0.378 e. The number of aromatic nitrogens is 2. The first-order chi connectivity index (χ1) is 12.0. The van der Waals surface area contributed by atoms with Crippen molar-refractivity contribution in [1.29, 1.82) is 0 Å². The summed E-state index contributed by atoms with van der Waals surface area (Å²) in [5.74, 6) is -0.933. The molecule has 1 amide bonds. The molecular weight excluding hydrogens is 351 g/mol. The van der Waals surface area contributed by atoms with Crippen LogP contribution < -0.4 is 0 Å². The largest absolute Gasteiger partial charge is 0.425 e. The van der Waals surface area contributed by atoms with E-state index in [1.807, 2.05) is 13.8 Å². The number of ether oxygens (including phenoxy) is 1. The van der Waals surface area contributed by atoms with Crippen molar-refractivity contribution < 1.29 is 27.8 Å². The molecule has 1 aliphatic heterocycles. The second-order valence-corrected chi connectivity index (χ2v) is 7.20. The van der Waals surface area contributed by atoms with Gasteiger partial charge in [0, 0.05) is 39.1 Å². The van der Waals surface area contributed by atoms with E-state index in [1.54, 1.807) is 0 Å². The molecule has 1 aliphatic rings. The maximum absolute atomic E-state index is 13.5. The fourth-order valence-electron chi connectivity index (χ4n) is 3.00. The van der Waals surface area contributed by atoms with Crippen LogP contribution in [0.4, 0.5) is 13.2 Å². The first-order valence-corrected chi connectivity index (χ1v) is 8.71. The Morgan fingerprint density at radius 3 is 2.46 bits per heavy atom. The number of aliphatic hydroxyl groups is 1. The molecule has 6 nitrogen and oxygen atoms in total. The maximum atomic E-state index is 13.5. The van der Waals surface area contributed by atoms with Crippen molar-refractivity contribution in [2.24, 2.45) is 13.0 Å². The Morgan fingerprint density at radius 2 is 2.00 bits per heavy atom. The van der Waals surface area contributed by atoms with Crippen molar-refractivity contribution in [2.75, 3.05) is 19.7 Å². The Hall–Kier alpha value is -1.61. The molecule has 26 heavy (non-hydrogen) atoms. The highest BCUT2D eigenvalue weighted by Gasteiger charge is 2.59. The van der Waals surface area contributed by atoms with Gasteiger partial charge >= 0.3 is 6.18 Å². The average molecular weight is 377 g/mol. The third kappa shape index (κ3) is 4.56. The summed E-state index contributed by atoms with van der Waals surface area (Å²) in [5, 5.41) is 10.3. The molecule has 0 bridgehead atoms. The Morgan fingerprint density at radius 1 is 1.38 bits per heavy atom. The zero-order chi connectivity index (χ0) is 19.5. The van der Waals surface area contributed by atoms with Crippen molar-refractivity contribution in [3.8, 4) is 0 Å². The fraction of sp³-hybridized carbons (Fsp3) is 0.765. The van der Waals surface area contributed by atoms with Gasteiger partial charge in [0.15, 0.2) is 5.82 Å². The molecule has 0 radical (unpaired) electrons. The molecule has 1 aromatic heterocycles. The number of likely N-dealkylation sites (tertiary alicyclic amines) is 1. The molecule has 9 heteroatoms. The number of rotatable bonds is 6. The molecule has 1 saturated heterocycles. The zero-order valence-electron chi connectivity index (χ0n) is 15.3. The van der Waals surface area contributed by atoms with Crippen molar-refractivity contribution >= 4 is 5.91 Å². The van der Waals surface area contributed by atoms with E-state index >= 15 is 0 Å². The minimum atomic E-state index is -5.01. The lowest BCUT2D eigenvalue weighted by atomic mass is 9.96. The molecule has 1 unspecified atom stereocenters. The number of carbonyl (C=O) groups excluding carboxylic acids is 1. The van der Waals surface area contributed by atoms with Crippen LogP contribution in [0.25, 0.3) is 0 Å². The van der Waals surface area contributed by atoms with Crippen LogP contribution in [0, 0.1) is 5.92 Å². The van der Waals surface area contributed by atoms with E-state index in [9.17, 15) is 23.1 Å². The predicted octanol–water partition coefficient (Wildman–Crippen LogP) is 2.22. The molecule has 0 aromatic carbocycles. The maximum Gasteiger partial charge on any atom is 0.425 e. The van der Waals surface area contributed by atoms with E-state index in [1.165, 1.54) is 18.1 Å². The van der Waals surface area contributed by atoms with Crippen LogP contribution in [-0.2, 0) is 22.2 Å². The number of halogens is 3. The van der Waals surface area contributed by atoms with Crippen molar-refractivity contribution in [2.45, 2.75) is 51.0 Å². The van der Waals surface area contributed by atoms with Crippen molar-refractivity contribution in [3.63, 3.8) is 0 Å². The summed E-state index contributed by atoms with van der Waals surface area (Å²) in [6.07, 6.45) is -2.48. The highest BCUT2D eigenvalue weighted by molar-refractivity contribution is 5.77. The smallest absolute Gasteiger partial charge is 0.378 e. The molecule has 148 valence electrons. The lowest BCUT2D eigenvalue weighted by Gasteiger charge is -2.35. The third-order valence-corrected chi connectivity index (χ3v) is 4.53. The summed E-state index contributed by atoms with van der Waals surface area (Å²) in [5.41, 5.74) is -3.31. The molecule has 0 aliphatic carbocycles. The minimum absolute atomic E-state index is 0.0116. The third-order valence-electron chi connectivity index (χ3n) is 4.53. The molecule has 1 fully saturated rings. The number of imidazole rings is 1. The number of nitrogens with zero attached hydrogens (tertiary/aromatic N) is 3. The number of piperidine rings is 1. The molecule has 2 heterocycles. The van der Waals surface area contributed by atoms with Crippen LogP contribution in [0.1, 0.15) is 38.9 Å². The van der Waals surface area contributed by atoms with Crippen LogP contribution in [0.3, 0.4) is 0 Å². The Kier molecular flexibility index (Phi) is 6.33. The molecule has 1 atom stereocenters. The van der Waals surface area contributed by atoms with E-state index in [-0.39, 0.29) is 6.10 Å². The van der Waals surface area contributed by atoms with Gasteiger partial charge in [-0.2, -0.15) is 13.2 Å². The van der Waals surface area contributed by atoms with Gasteiger partial charge in [-0.1, -0.05) is 13.8 Å². The molecule has 0 spiro atoms. The van der Waals surface area contributed by atoms with Crippen molar-refractivity contribution in [1.82, 2.24) is 14.5 Å². The Bertz CT molecular complexity index is 610. The molecule has 0 saturated carbocycles. The highest BCUT2D eigenvalue weighted by Crippen LogP contribution is 2.41. The normalized spacial score (nSPS) is 19.0. The van der Waals surface area contributed by atoms with Gasteiger partial charge in [0.2, 0.25) is 11.5 Å². The van der Waals surface area contributed by atoms with Gasteiger partial charge < -0.3 is 19.3 Å². The lowest BCUT2D eigenvalue weighted by molar-refractivity contribution is -0.272. The van der Waals surface area contributed by atoms with Gasteiger partial charge in [0.05, 0.1) is 12.5 Å². The topological polar surface area (TPSA) is 67.6 Å². The van der Waals surface area contributed by atoms with E-state index in [4.69, 9.17) is 4.74 Å². The summed E-state index contributed by atoms with van der Waals surface area (Å²) >= 11 is 0. The predicted molar refractivity (Wildman–Crippen MR) is 88.2 cm³/mol. The molecule has 2 rings (SSSR count). The van der Waals surface area contributed by atoms with Crippen LogP contribution in [-0.4, -0.2) is 57.4 Å². The first kappa shape index (κ1) is 20.7. The Labute approximate surface area is 150 Å².